The van der Waals surface area contributed by atoms with Crippen molar-refractivity contribution in [3.63, 3.8) is 0 Å². The summed E-state index contributed by atoms with van der Waals surface area (Å²) in [5, 5.41) is 3.03. The van der Waals surface area contributed by atoms with Crippen molar-refractivity contribution in [2.24, 2.45) is 0 Å². The number of nitrogens with one attached hydrogen (secondary N) is 1. The summed E-state index contributed by atoms with van der Waals surface area (Å²) in [5.41, 5.74) is 2.74. The van der Waals surface area contributed by atoms with Gasteiger partial charge in [0.15, 0.2) is 0 Å². The molecule has 7 nitrogen and oxygen atoms in total. The Kier molecular flexibility index (Phi) is 11.0. The number of aryl methyl sites for hydroxylation is 2. The summed E-state index contributed by atoms with van der Waals surface area (Å²) in [6.07, 6.45) is 1.72. The fourth-order valence-corrected chi connectivity index (χ4v) is 6.00. The Bertz CT molecular complexity index is 1450. The number of benzene rings is 3. The van der Waals surface area contributed by atoms with Gasteiger partial charge in [-0.25, -0.2) is 8.42 Å². The quantitative estimate of drug-likeness (QED) is 0.252. The van der Waals surface area contributed by atoms with Gasteiger partial charge in [-0.05, 0) is 62.6 Å². The van der Waals surface area contributed by atoms with E-state index in [-0.39, 0.29) is 33.1 Å². The number of halogens is 2. The summed E-state index contributed by atoms with van der Waals surface area (Å²) >= 11 is 12.7. The number of sulfonamides is 1. The molecular weight excluding hydrogens is 569 g/mol. The molecule has 3 aromatic rings. The molecule has 2 amide bonds. The van der Waals surface area contributed by atoms with Crippen molar-refractivity contribution in [3.8, 4) is 0 Å². The molecule has 0 heterocycles. The molecule has 3 rings (SSSR count). The van der Waals surface area contributed by atoms with Crippen LogP contribution in [0, 0.1) is 13.8 Å². The van der Waals surface area contributed by atoms with Gasteiger partial charge in [0.25, 0.3) is 10.0 Å². The second-order valence-corrected chi connectivity index (χ2v) is 12.3. The van der Waals surface area contributed by atoms with Crippen LogP contribution in [0.4, 0.5) is 5.69 Å². The molecule has 3 aromatic carbocycles. The summed E-state index contributed by atoms with van der Waals surface area (Å²) in [6, 6.07) is 17.6. The van der Waals surface area contributed by atoms with E-state index in [1.54, 1.807) is 31.2 Å². The fourth-order valence-electron chi connectivity index (χ4n) is 4.13. The van der Waals surface area contributed by atoms with Crippen molar-refractivity contribution < 1.29 is 18.0 Å². The molecule has 214 valence electrons. The Morgan fingerprint density at radius 3 is 2.27 bits per heavy atom. The van der Waals surface area contributed by atoms with E-state index in [4.69, 9.17) is 23.2 Å². The minimum Gasteiger partial charge on any atom is -0.354 e. The highest BCUT2D eigenvalue weighted by atomic mass is 35.5. The molecule has 0 saturated heterocycles. The van der Waals surface area contributed by atoms with Crippen LogP contribution in [-0.4, -0.2) is 44.3 Å². The van der Waals surface area contributed by atoms with Gasteiger partial charge in [-0.2, -0.15) is 0 Å². The normalized spacial score (nSPS) is 12.1. The molecule has 0 aliphatic heterocycles. The van der Waals surface area contributed by atoms with Crippen molar-refractivity contribution in [1.29, 1.82) is 0 Å². The van der Waals surface area contributed by atoms with Crippen molar-refractivity contribution in [3.05, 3.63) is 93.5 Å². The van der Waals surface area contributed by atoms with Crippen LogP contribution in [0.15, 0.2) is 71.6 Å². The van der Waals surface area contributed by atoms with Crippen LogP contribution < -0.4 is 9.62 Å². The minimum absolute atomic E-state index is 0.00208. The van der Waals surface area contributed by atoms with E-state index >= 15 is 0 Å². The van der Waals surface area contributed by atoms with Crippen LogP contribution in [0.1, 0.15) is 43.4 Å². The van der Waals surface area contributed by atoms with Crippen LogP contribution in [-0.2, 0) is 26.2 Å². The predicted molar refractivity (Wildman–Crippen MR) is 161 cm³/mol. The van der Waals surface area contributed by atoms with E-state index in [2.05, 4.69) is 5.32 Å². The molecule has 0 aliphatic rings. The zero-order valence-electron chi connectivity index (χ0n) is 23.2. The number of carbonyl (C=O) groups is 2. The van der Waals surface area contributed by atoms with Gasteiger partial charge in [-0.15, -0.1) is 0 Å². The Labute approximate surface area is 247 Å². The highest BCUT2D eigenvalue weighted by Crippen LogP contribution is 2.35. The van der Waals surface area contributed by atoms with Crippen molar-refractivity contribution in [1.82, 2.24) is 10.2 Å². The smallest absolute Gasteiger partial charge is 0.264 e. The molecule has 40 heavy (non-hydrogen) atoms. The standard InChI is InChI=1S/C30H35Cl2N3O4S/c1-5-6-18-33-30(37)23(4)34(19-24-11-8-7-10-22(24)3)28(36)20-35(27-13-9-12-26(31)29(27)32)40(38,39)25-16-14-21(2)15-17-25/h7-17,23H,5-6,18-20H2,1-4H3,(H,33,37). The molecule has 0 saturated carbocycles. The molecule has 0 aromatic heterocycles. The van der Waals surface area contributed by atoms with Gasteiger partial charge in [0.2, 0.25) is 11.8 Å². The zero-order valence-corrected chi connectivity index (χ0v) is 25.5. The topological polar surface area (TPSA) is 86.8 Å². The zero-order chi connectivity index (χ0) is 29.4. The summed E-state index contributed by atoms with van der Waals surface area (Å²) in [7, 11) is -4.24. The first-order valence-corrected chi connectivity index (χ1v) is 15.3. The van der Waals surface area contributed by atoms with Crippen LogP contribution in [0.2, 0.25) is 10.0 Å². The maximum Gasteiger partial charge on any atom is 0.264 e. The average Bonchev–Trinajstić information content (AvgIpc) is 2.92. The third-order valence-corrected chi connectivity index (χ3v) is 9.27. The first-order chi connectivity index (χ1) is 19.0. The van der Waals surface area contributed by atoms with Gasteiger partial charge in [0, 0.05) is 13.1 Å². The van der Waals surface area contributed by atoms with Crippen molar-refractivity contribution in [2.45, 2.75) is 58.0 Å². The van der Waals surface area contributed by atoms with Gasteiger partial charge in [-0.1, -0.05) is 84.6 Å². The van der Waals surface area contributed by atoms with E-state index in [1.807, 2.05) is 45.0 Å². The van der Waals surface area contributed by atoms with E-state index < -0.39 is 28.5 Å². The van der Waals surface area contributed by atoms with Crippen LogP contribution >= 0.6 is 23.2 Å². The number of hydrogen-bond donors (Lipinski definition) is 1. The summed E-state index contributed by atoms with van der Waals surface area (Å²) < 4.78 is 28.8. The maximum atomic E-state index is 14.0. The lowest BCUT2D eigenvalue weighted by atomic mass is 10.1. The first-order valence-electron chi connectivity index (χ1n) is 13.1. The molecule has 0 spiro atoms. The second kappa shape index (κ2) is 14.0. The molecule has 0 fully saturated rings. The maximum absolute atomic E-state index is 14.0. The lowest BCUT2D eigenvalue weighted by Gasteiger charge is -2.32. The molecule has 1 N–H and O–H groups in total. The molecule has 1 atom stereocenters. The van der Waals surface area contributed by atoms with Crippen LogP contribution in [0.25, 0.3) is 0 Å². The van der Waals surface area contributed by atoms with Crippen LogP contribution in [0.5, 0.6) is 0 Å². The Balaban J connectivity index is 2.05. The lowest BCUT2D eigenvalue weighted by molar-refractivity contribution is -0.139. The molecule has 0 bridgehead atoms. The summed E-state index contributed by atoms with van der Waals surface area (Å²) in [4.78, 5) is 28.5. The van der Waals surface area contributed by atoms with Gasteiger partial charge >= 0.3 is 0 Å². The van der Waals surface area contributed by atoms with E-state index in [0.29, 0.717) is 6.54 Å². The SMILES string of the molecule is CCCCNC(=O)C(C)N(Cc1ccccc1C)C(=O)CN(c1cccc(Cl)c1Cl)S(=O)(=O)c1ccc(C)cc1. The third-order valence-electron chi connectivity index (χ3n) is 6.69. The predicted octanol–water partition coefficient (Wildman–Crippen LogP) is 6.14. The number of anilines is 1. The number of amides is 2. The van der Waals surface area contributed by atoms with Gasteiger partial charge in [0.05, 0.1) is 20.6 Å². The molecule has 0 aliphatic carbocycles. The number of unbranched alkanes of at least 4 members (excludes halogenated alkanes) is 1. The number of hydrogen-bond acceptors (Lipinski definition) is 4. The third kappa shape index (κ3) is 7.56. The highest BCUT2D eigenvalue weighted by Gasteiger charge is 2.33. The molecule has 0 radical (unpaired) electrons. The Hall–Kier alpha value is -3.07. The number of rotatable bonds is 12. The number of nitrogens with zero attached hydrogens (tertiary/aromatic N) is 2. The Morgan fingerprint density at radius 2 is 1.62 bits per heavy atom. The lowest BCUT2D eigenvalue weighted by Crippen LogP contribution is -2.51. The van der Waals surface area contributed by atoms with Crippen LogP contribution in [0.3, 0.4) is 0 Å². The van der Waals surface area contributed by atoms with E-state index in [9.17, 15) is 18.0 Å². The monoisotopic (exact) mass is 603 g/mol. The van der Waals surface area contributed by atoms with Gasteiger partial charge in [0.1, 0.15) is 12.6 Å². The van der Waals surface area contributed by atoms with Gasteiger partial charge < -0.3 is 10.2 Å². The van der Waals surface area contributed by atoms with Crippen molar-refractivity contribution in [2.75, 3.05) is 17.4 Å². The van der Waals surface area contributed by atoms with E-state index in [1.165, 1.54) is 23.1 Å². The molecule has 10 heteroatoms. The summed E-state index contributed by atoms with van der Waals surface area (Å²) in [5.74, 6) is -0.878. The highest BCUT2D eigenvalue weighted by molar-refractivity contribution is 7.92. The number of carbonyl (C=O) groups excluding carboxylic acids is 2. The largest absolute Gasteiger partial charge is 0.354 e. The Morgan fingerprint density at radius 1 is 0.950 bits per heavy atom. The first kappa shape index (κ1) is 31.5. The average molecular weight is 605 g/mol. The summed E-state index contributed by atoms with van der Waals surface area (Å²) in [6.45, 7) is 7.45. The minimum atomic E-state index is -4.24. The molecular formula is C30H35Cl2N3O4S. The van der Waals surface area contributed by atoms with Crippen molar-refractivity contribution >= 4 is 50.7 Å². The van der Waals surface area contributed by atoms with Gasteiger partial charge in [-0.3, -0.25) is 13.9 Å². The second-order valence-electron chi connectivity index (χ2n) is 9.67. The molecule has 1 unspecified atom stereocenters. The fraction of sp³-hybridized carbons (Fsp3) is 0.333. The van der Waals surface area contributed by atoms with E-state index in [0.717, 1.165) is 33.8 Å².